The van der Waals surface area contributed by atoms with E-state index < -0.39 is 60.0 Å². The second-order valence-electron chi connectivity index (χ2n) is 12.1. The molecular formula is C33H34ClF3N8O7. The largest absolute Gasteiger partial charge is 0.467 e. The lowest BCUT2D eigenvalue weighted by molar-refractivity contribution is -0.154. The van der Waals surface area contributed by atoms with E-state index >= 15 is 0 Å². The number of carbonyl (C=O) groups excluding carboxylic acids is 5. The monoisotopic (exact) mass is 746 g/mol. The Kier molecular flexibility index (Phi) is 11.8. The van der Waals surface area contributed by atoms with Crippen LogP contribution < -0.4 is 31.3 Å². The summed E-state index contributed by atoms with van der Waals surface area (Å²) in [6.45, 7) is -1.26. The lowest BCUT2D eigenvalue weighted by atomic mass is 10.0. The summed E-state index contributed by atoms with van der Waals surface area (Å²) in [6.07, 6.45) is -3.33. The second-order valence-corrected chi connectivity index (χ2v) is 12.5. The van der Waals surface area contributed by atoms with Gasteiger partial charge in [-0.3, -0.25) is 19.2 Å². The van der Waals surface area contributed by atoms with Crippen LogP contribution in [0.15, 0.2) is 48.5 Å². The third kappa shape index (κ3) is 10.5. The number of benzene rings is 2. The van der Waals surface area contributed by atoms with E-state index in [-0.39, 0.29) is 42.6 Å². The molecule has 1 aliphatic heterocycles. The van der Waals surface area contributed by atoms with Crippen molar-refractivity contribution in [2.45, 2.75) is 62.3 Å². The van der Waals surface area contributed by atoms with E-state index in [1.54, 1.807) is 12.1 Å². The van der Waals surface area contributed by atoms with Crippen LogP contribution in [0.4, 0.5) is 30.8 Å². The van der Waals surface area contributed by atoms with Gasteiger partial charge < -0.3 is 36.1 Å². The van der Waals surface area contributed by atoms with Gasteiger partial charge in [-0.15, -0.1) is 0 Å². The highest BCUT2D eigenvalue weighted by Gasteiger charge is 2.45. The number of ketones is 1. The number of anilines is 3. The highest BCUT2D eigenvalue weighted by molar-refractivity contribution is 6.36. The molecule has 5 rings (SSSR count). The van der Waals surface area contributed by atoms with E-state index in [2.05, 4.69) is 41.5 Å². The van der Waals surface area contributed by atoms with Crippen LogP contribution in [-0.2, 0) is 29.5 Å². The minimum absolute atomic E-state index is 0.0377. The first kappa shape index (κ1) is 37.7. The van der Waals surface area contributed by atoms with Crippen molar-refractivity contribution in [2.75, 3.05) is 30.9 Å². The molecule has 1 saturated carbocycles. The number of nitrogens with one attached hydrogen (secondary N) is 5. The predicted molar refractivity (Wildman–Crippen MR) is 179 cm³/mol. The second kappa shape index (κ2) is 16.2. The molecule has 2 fully saturated rings. The molecule has 2 atom stereocenters. The smallest absolute Gasteiger partial charge is 0.422 e. The van der Waals surface area contributed by atoms with Gasteiger partial charge in [-0.2, -0.15) is 28.1 Å². The van der Waals surface area contributed by atoms with E-state index in [1.165, 1.54) is 24.3 Å². The Balaban J connectivity index is 1.22. The van der Waals surface area contributed by atoms with Gasteiger partial charge in [0.05, 0.1) is 12.6 Å². The molecule has 52 heavy (non-hydrogen) atoms. The molecule has 5 N–H and O–H groups in total. The number of aromatic nitrogens is 3. The summed E-state index contributed by atoms with van der Waals surface area (Å²) in [5.74, 6) is -3.69. The average Bonchev–Trinajstić information content (AvgIpc) is 3.89. The fourth-order valence-corrected chi connectivity index (χ4v) is 5.43. The minimum Gasteiger partial charge on any atom is -0.467 e. The van der Waals surface area contributed by atoms with Gasteiger partial charge in [0, 0.05) is 41.7 Å². The molecule has 3 amide bonds. The molecule has 0 spiro atoms. The first-order chi connectivity index (χ1) is 24.7. The van der Waals surface area contributed by atoms with Crippen molar-refractivity contribution in [1.82, 2.24) is 30.9 Å². The zero-order chi connectivity index (χ0) is 37.5. The molecular weight excluding hydrogens is 713 g/mol. The molecule has 276 valence electrons. The maximum atomic E-state index is 13.0. The number of piperidine rings is 1. The number of methoxy groups -OCH3 is 1. The van der Waals surface area contributed by atoms with Crippen LogP contribution in [0.1, 0.15) is 54.4 Å². The SMILES string of the molecule is COC(=O)[C@H](CCC(=O)C(=O)NC1CCNC(=O)C1)NC(=O)c1ccc(Nc2nc(NC3(c4ccc(Cl)cc4)CC3)nc(OCC(F)(F)F)n2)cc1. The molecule has 1 unspecified atom stereocenters. The van der Waals surface area contributed by atoms with Gasteiger partial charge in [-0.05, 0) is 67.6 Å². The first-order valence-electron chi connectivity index (χ1n) is 16.1. The molecule has 1 saturated heterocycles. The number of esters is 1. The Morgan fingerprint density at radius 1 is 1.02 bits per heavy atom. The van der Waals surface area contributed by atoms with Crippen molar-refractivity contribution in [1.29, 1.82) is 0 Å². The fraction of sp³-hybridized carbons (Fsp3) is 0.394. The average molecular weight is 747 g/mol. The van der Waals surface area contributed by atoms with Crippen molar-refractivity contribution < 1.29 is 46.6 Å². The lowest BCUT2D eigenvalue weighted by Gasteiger charge is -2.22. The summed E-state index contributed by atoms with van der Waals surface area (Å²) < 4.78 is 48.4. The van der Waals surface area contributed by atoms with E-state index in [0.29, 0.717) is 36.5 Å². The number of hydrogen-bond donors (Lipinski definition) is 5. The number of nitrogens with zero attached hydrogens (tertiary/aromatic N) is 3. The topological polar surface area (TPSA) is 203 Å². The number of amides is 3. The Hall–Kier alpha value is -5.52. The Morgan fingerprint density at radius 2 is 1.71 bits per heavy atom. The van der Waals surface area contributed by atoms with Gasteiger partial charge in [0.25, 0.3) is 11.8 Å². The summed E-state index contributed by atoms with van der Waals surface area (Å²) in [7, 11) is 1.11. The third-order valence-corrected chi connectivity index (χ3v) is 8.42. The molecule has 0 bridgehead atoms. The molecule has 2 aromatic carbocycles. The molecule has 1 aromatic heterocycles. The number of Topliss-reactive ketones (excluding diaryl/α,β-unsaturated/α-hetero) is 1. The maximum absolute atomic E-state index is 13.0. The third-order valence-electron chi connectivity index (χ3n) is 8.17. The van der Waals surface area contributed by atoms with Crippen LogP contribution in [0.3, 0.4) is 0 Å². The van der Waals surface area contributed by atoms with E-state index in [9.17, 15) is 37.1 Å². The van der Waals surface area contributed by atoms with Crippen LogP contribution >= 0.6 is 11.6 Å². The summed E-state index contributed by atoms with van der Waals surface area (Å²) in [5.41, 5.74) is 0.766. The normalized spacial score (nSPS) is 16.8. The van der Waals surface area contributed by atoms with E-state index in [4.69, 9.17) is 21.1 Å². The molecule has 15 nitrogen and oxygen atoms in total. The fourth-order valence-electron chi connectivity index (χ4n) is 5.30. The number of ether oxygens (including phenoxy) is 2. The summed E-state index contributed by atoms with van der Waals surface area (Å²) >= 11 is 6.02. The van der Waals surface area contributed by atoms with Crippen molar-refractivity contribution >= 4 is 58.7 Å². The molecule has 3 aromatic rings. The van der Waals surface area contributed by atoms with Crippen LogP contribution in [0.25, 0.3) is 0 Å². The number of carbonyl (C=O) groups is 5. The summed E-state index contributed by atoms with van der Waals surface area (Å²) in [5, 5.41) is 14.2. The molecule has 2 heterocycles. The summed E-state index contributed by atoms with van der Waals surface area (Å²) in [6, 6.07) is 10.5. The van der Waals surface area contributed by atoms with Crippen molar-refractivity contribution in [3.05, 3.63) is 64.7 Å². The van der Waals surface area contributed by atoms with Gasteiger partial charge >= 0.3 is 18.2 Å². The predicted octanol–water partition coefficient (Wildman–Crippen LogP) is 3.33. The van der Waals surface area contributed by atoms with Crippen molar-refractivity contribution in [3.8, 4) is 6.01 Å². The van der Waals surface area contributed by atoms with Gasteiger partial charge in [0.15, 0.2) is 6.61 Å². The molecule has 0 radical (unpaired) electrons. The Morgan fingerprint density at radius 3 is 2.35 bits per heavy atom. The minimum atomic E-state index is -4.64. The first-order valence-corrected chi connectivity index (χ1v) is 16.5. The summed E-state index contributed by atoms with van der Waals surface area (Å²) in [4.78, 5) is 74.1. The van der Waals surface area contributed by atoms with Crippen LogP contribution in [0.2, 0.25) is 5.02 Å². The van der Waals surface area contributed by atoms with Gasteiger partial charge in [-0.25, -0.2) is 4.79 Å². The van der Waals surface area contributed by atoms with Gasteiger partial charge in [0.2, 0.25) is 23.6 Å². The molecule has 19 heteroatoms. The maximum Gasteiger partial charge on any atom is 0.422 e. The zero-order valence-corrected chi connectivity index (χ0v) is 28.4. The Bertz CT molecular complexity index is 1810. The standard InChI is InChI=1S/C33H34ClF3N8O7/c1-51-28(50)23(10-11-24(46)27(49)39-22-12-15-38-25(47)16-22)41-26(48)18-2-8-21(9-3-18)40-29-42-30(44-31(43-29)52-17-33(35,36)37)45-32(13-14-32)19-4-6-20(34)7-5-19/h2-9,22-23H,10-17H2,1H3,(H,38,47)(H,39,49)(H,41,48)(H2,40,42,43,44,45)/t22?,23-/m0/s1. The number of hydrogen-bond acceptors (Lipinski definition) is 12. The quantitative estimate of drug-likeness (QED) is 0.112. The van der Waals surface area contributed by atoms with Gasteiger partial charge in [-0.1, -0.05) is 23.7 Å². The number of alkyl halides is 3. The van der Waals surface area contributed by atoms with Crippen LogP contribution in [-0.4, -0.2) is 82.9 Å². The Labute approximate surface area is 299 Å². The highest BCUT2D eigenvalue weighted by atomic mass is 35.5. The zero-order valence-electron chi connectivity index (χ0n) is 27.6. The van der Waals surface area contributed by atoms with E-state index in [0.717, 1.165) is 12.7 Å². The number of halogens is 4. The lowest BCUT2D eigenvalue weighted by Crippen LogP contribution is -2.47. The number of rotatable bonds is 15. The van der Waals surface area contributed by atoms with Crippen molar-refractivity contribution in [3.63, 3.8) is 0 Å². The van der Waals surface area contributed by atoms with Gasteiger partial charge in [0.1, 0.15) is 6.04 Å². The molecule has 2 aliphatic rings. The van der Waals surface area contributed by atoms with E-state index in [1.807, 2.05) is 12.1 Å². The molecule has 1 aliphatic carbocycles. The highest BCUT2D eigenvalue weighted by Crippen LogP contribution is 2.48. The van der Waals surface area contributed by atoms with Crippen molar-refractivity contribution in [2.24, 2.45) is 0 Å². The van der Waals surface area contributed by atoms with Crippen LogP contribution in [0.5, 0.6) is 6.01 Å². The van der Waals surface area contributed by atoms with Crippen LogP contribution in [0, 0.1) is 0 Å².